The van der Waals surface area contributed by atoms with Crippen molar-refractivity contribution in [3.8, 4) is 0 Å². The third-order valence-corrected chi connectivity index (χ3v) is 3.66. The second-order valence-electron chi connectivity index (χ2n) is 4.34. The summed E-state index contributed by atoms with van der Waals surface area (Å²) in [5.74, 6) is 0. The summed E-state index contributed by atoms with van der Waals surface area (Å²) in [6.45, 7) is -0.985. The van der Waals surface area contributed by atoms with E-state index >= 15 is 0 Å². The van der Waals surface area contributed by atoms with E-state index in [4.69, 9.17) is 18.4 Å². The minimum absolute atomic E-state index is 0.836. The van der Waals surface area contributed by atoms with Crippen LogP contribution in [0.15, 0.2) is 0 Å². The Morgan fingerprint density at radius 2 is 1.47 bits per heavy atom. The number of hydrogen-bond acceptors (Lipinski definition) is 8. The first-order valence-electron chi connectivity index (χ1n) is 5.07. The molecule has 8 nitrogen and oxygen atoms in total. The lowest BCUT2D eigenvalue weighted by Gasteiger charge is -2.56. The van der Waals surface area contributed by atoms with Crippen molar-refractivity contribution in [3.05, 3.63) is 0 Å². The molecule has 9 heteroatoms. The summed E-state index contributed by atoms with van der Waals surface area (Å²) in [5, 5.41) is 19.6. The molecule has 0 spiro atoms. The van der Waals surface area contributed by atoms with E-state index in [1.807, 2.05) is 0 Å². The lowest BCUT2D eigenvalue weighted by molar-refractivity contribution is -0.478. The van der Waals surface area contributed by atoms with E-state index in [0.717, 1.165) is 6.26 Å². The Balaban J connectivity index is 1.90. The zero-order valence-corrected chi connectivity index (χ0v) is 9.61. The molecular weight excluding hydrogens is 256 g/mol. The Morgan fingerprint density at radius 1 is 1.00 bits per heavy atom. The molecule has 0 aromatic heterocycles. The van der Waals surface area contributed by atoms with Gasteiger partial charge in [-0.3, -0.25) is 4.18 Å². The molecule has 4 fully saturated rings. The molecule has 0 aromatic carbocycles. The number of aliphatic hydroxyl groups is 2. The van der Waals surface area contributed by atoms with E-state index in [-0.39, 0.29) is 0 Å². The molecule has 98 valence electrons. The number of rotatable bonds is 2. The van der Waals surface area contributed by atoms with Gasteiger partial charge in [0.2, 0.25) is 0 Å². The Hall–Kier alpha value is -0.290. The Bertz CT molecular complexity index is 401. The van der Waals surface area contributed by atoms with Crippen LogP contribution in [0.4, 0.5) is 0 Å². The molecule has 4 rings (SSSR count). The Labute approximate surface area is 97.2 Å². The van der Waals surface area contributed by atoms with E-state index in [1.165, 1.54) is 0 Å². The topological polar surface area (TPSA) is 112 Å². The second kappa shape index (κ2) is 3.60. The van der Waals surface area contributed by atoms with E-state index in [0.29, 0.717) is 0 Å². The first-order chi connectivity index (χ1) is 7.87. The van der Waals surface area contributed by atoms with Crippen molar-refractivity contribution in [1.82, 2.24) is 0 Å². The van der Waals surface area contributed by atoms with Gasteiger partial charge in [-0.2, -0.15) is 8.42 Å². The molecule has 2 N–H and O–H groups in total. The molecule has 7 atom stereocenters. The van der Waals surface area contributed by atoms with Crippen LogP contribution in [-0.2, 0) is 28.5 Å². The van der Waals surface area contributed by atoms with E-state index in [9.17, 15) is 18.6 Å². The fourth-order valence-electron chi connectivity index (χ4n) is 2.42. The van der Waals surface area contributed by atoms with Crippen molar-refractivity contribution in [1.29, 1.82) is 0 Å². The third-order valence-electron chi connectivity index (χ3n) is 3.08. The van der Waals surface area contributed by atoms with Gasteiger partial charge in [-0.15, -0.1) is 0 Å². The summed E-state index contributed by atoms with van der Waals surface area (Å²) in [6.07, 6.45) is -5.07. The van der Waals surface area contributed by atoms with Crippen LogP contribution in [0.2, 0.25) is 0 Å². The molecule has 3 heterocycles. The third kappa shape index (κ3) is 1.78. The van der Waals surface area contributed by atoms with Gasteiger partial charge >= 0.3 is 0 Å². The number of aliphatic hydroxyl groups excluding tert-OH is 2. The van der Waals surface area contributed by atoms with Crippen LogP contribution >= 0.6 is 0 Å². The van der Waals surface area contributed by atoms with Crippen molar-refractivity contribution < 1.29 is 37.0 Å². The normalized spacial score (nSPS) is 53.0. The molecule has 1 aliphatic carbocycles. The second-order valence-corrected chi connectivity index (χ2v) is 5.94. The van der Waals surface area contributed by atoms with Gasteiger partial charge in [0.15, 0.2) is 0 Å². The maximum atomic E-state index is 11.1. The predicted molar refractivity (Wildman–Crippen MR) is 50.1 cm³/mol. The summed E-state index contributed by atoms with van der Waals surface area (Å²) in [6, 6.07) is 0. The van der Waals surface area contributed by atoms with Crippen LogP contribution < -0.4 is 0 Å². The van der Waals surface area contributed by atoms with Crippen LogP contribution in [0.5, 0.6) is 0 Å². The monoisotopic (exact) mass is 268 g/mol. The van der Waals surface area contributed by atoms with Crippen LogP contribution in [0.1, 0.15) is 0 Å². The average Bonchev–Trinajstić information content (AvgIpc) is 2.21. The highest BCUT2D eigenvalue weighted by Gasteiger charge is 2.62. The average molecular weight is 268 g/mol. The lowest BCUT2D eigenvalue weighted by Crippen LogP contribution is -2.75. The molecule has 3 aliphatic heterocycles. The van der Waals surface area contributed by atoms with Gasteiger partial charge in [-0.05, 0) is 0 Å². The highest BCUT2D eigenvalue weighted by atomic mass is 32.2. The van der Waals surface area contributed by atoms with Crippen LogP contribution in [0.3, 0.4) is 0 Å². The molecule has 0 aromatic rings. The first kappa shape index (κ1) is 11.8. The molecule has 0 radical (unpaired) electrons. The molecule has 3 saturated heterocycles. The van der Waals surface area contributed by atoms with Crippen molar-refractivity contribution in [2.75, 3.05) is 6.26 Å². The summed E-state index contributed by atoms with van der Waals surface area (Å²) >= 11 is 0. The molecule has 1 saturated carbocycles. The van der Waals surface area contributed by atoms with Gasteiger partial charge in [0, 0.05) is 0 Å². The van der Waals surface area contributed by atoms with Crippen molar-refractivity contribution in [2.45, 2.75) is 43.1 Å². The highest BCUT2D eigenvalue weighted by molar-refractivity contribution is 7.86. The molecule has 4 bridgehead atoms. The van der Waals surface area contributed by atoms with Crippen LogP contribution in [0, 0.1) is 0 Å². The van der Waals surface area contributed by atoms with Gasteiger partial charge in [-0.25, -0.2) is 0 Å². The van der Waals surface area contributed by atoms with Crippen molar-refractivity contribution >= 4 is 10.1 Å². The van der Waals surface area contributed by atoms with E-state index in [2.05, 4.69) is 0 Å². The summed E-state index contributed by atoms with van der Waals surface area (Å²) in [4.78, 5) is 0. The molecule has 4 aliphatic rings. The minimum Gasteiger partial charge on any atom is -0.387 e. The number of hydrogen-bond donors (Lipinski definition) is 2. The van der Waals surface area contributed by atoms with Crippen molar-refractivity contribution in [3.63, 3.8) is 0 Å². The fourth-order valence-corrected chi connectivity index (χ4v) is 3.04. The zero-order chi connectivity index (χ0) is 12.4. The standard InChI is InChI=1S/C8H12O8S/c1-17(11,12)16-7-5-2(9)4-3(10)6(7)15-8(13-4)14-5/h2-10H,1H3/t2-,3+,4?,5-,6+,7?,8?. The zero-order valence-electron chi connectivity index (χ0n) is 8.79. The van der Waals surface area contributed by atoms with Crippen LogP contribution in [0.25, 0.3) is 0 Å². The van der Waals surface area contributed by atoms with Gasteiger partial charge in [0.05, 0.1) is 6.26 Å². The quantitative estimate of drug-likeness (QED) is 0.530. The molecule has 3 unspecified atom stereocenters. The summed E-state index contributed by atoms with van der Waals surface area (Å²) in [7, 11) is -3.74. The largest absolute Gasteiger partial charge is 0.387 e. The Morgan fingerprint density at radius 3 is 1.94 bits per heavy atom. The maximum absolute atomic E-state index is 11.1. The smallest absolute Gasteiger partial charge is 0.272 e. The summed E-state index contributed by atoms with van der Waals surface area (Å²) < 4.78 is 42.4. The van der Waals surface area contributed by atoms with Gasteiger partial charge in [-0.1, -0.05) is 0 Å². The minimum atomic E-state index is -3.74. The van der Waals surface area contributed by atoms with E-state index in [1.54, 1.807) is 0 Å². The molecule has 0 amide bonds. The fraction of sp³-hybridized carbons (Fsp3) is 1.00. The highest BCUT2D eigenvalue weighted by Crippen LogP contribution is 2.41. The van der Waals surface area contributed by atoms with Gasteiger partial charge < -0.3 is 24.4 Å². The maximum Gasteiger partial charge on any atom is 0.272 e. The number of ether oxygens (including phenoxy) is 3. The predicted octanol–water partition coefficient (Wildman–Crippen LogP) is -2.47. The van der Waals surface area contributed by atoms with Crippen LogP contribution in [-0.4, -0.2) is 68.0 Å². The van der Waals surface area contributed by atoms with Gasteiger partial charge in [0.25, 0.3) is 16.6 Å². The Kier molecular flexibility index (Phi) is 2.50. The molecule has 17 heavy (non-hydrogen) atoms. The van der Waals surface area contributed by atoms with E-state index < -0.39 is 53.2 Å². The first-order valence-corrected chi connectivity index (χ1v) is 6.89. The summed E-state index contributed by atoms with van der Waals surface area (Å²) in [5.41, 5.74) is 0. The SMILES string of the molecule is CS(=O)(=O)OC1[C@H]2OC3OC([C@@H](O)[C@H]1O3)[C@@H]2O. The lowest BCUT2D eigenvalue weighted by atomic mass is 9.83. The van der Waals surface area contributed by atoms with Gasteiger partial charge in [0.1, 0.15) is 36.6 Å². The molecular formula is C8H12O8S. The van der Waals surface area contributed by atoms with Crippen molar-refractivity contribution in [2.24, 2.45) is 0 Å².